The highest BCUT2D eigenvalue weighted by molar-refractivity contribution is 5.56. The number of pyridine rings is 1. The van der Waals surface area contributed by atoms with E-state index in [0.717, 1.165) is 6.20 Å². The standard InChI is InChI=1S/C12H10FN7/c1-14-11-17-10(8-2-3-15-6-9(8)13)18-12(19-11)20-5-4-16-7-20/h2-7H,1H3,(H,14,17,18,19). The Kier molecular flexibility index (Phi) is 3.04. The predicted molar refractivity (Wildman–Crippen MR) is 69.7 cm³/mol. The summed E-state index contributed by atoms with van der Waals surface area (Å²) in [6.45, 7) is 0. The Bertz CT molecular complexity index is 726. The first kappa shape index (κ1) is 12.2. The molecule has 0 aromatic carbocycles. The van der Waals surface area contributed by atoms with Crippen molar-refractivity contribution in [1.29, 1.82) is 0 Å². The van der Waals surface area contributed by atoms with Crippen molar-refractivity contribution in [3.05, 3.63) is 43.0 Å². The molecule has 20 heavy (non-hydrogen) atoms. The molecule has 0 bridgehead atoms. The zero-order valence-electron chi connectivity index (χ0n) is 10.5. The summed E-state index contributed by atoms with van der Waals surface area (Å²) in [6, 6.07) is 1.52. The van der Waals surface area contributed by atoms with E-state index in [0.29, 0.717) is 11.9 Å². The van der Waals surface area contributed by atoms with Crippen molar-refractivity contribution >= 4 is 5.95 Å². The molecule has 0 radical (unpaired) electrons. The Hall–Kier alpha value is -2.90. The van der Waals surface area contributed by atoms with Gasteiger partial charge in [-0.3, -0.25) is 9.55 Å². The smallest absolute Gasteiger partial charge is 0.240 e. The third-order valence-corrected chi connectivity index (χ3v) is 2.60. The molecule has 0 aliphatic carbocycles. The van der Waals surface area contributed by atoms with Gasteiger partial charge in [0, 0.05) is 25.6 Å². The largest absolute Gasteiger partial charge is 0.357 e. The van der Waals surface area contributed by atoms with E-state index in [9.17, 15) is 4.39 Å². The van der Waals surface area contributed by atoms with Crippen molar-refractivity contribution in [2.24, 2.45) is 0 Å². The van der Waals surface area contributed by atoms with Gasteiger partial charge in [-0.15, -0.1) is 0 Å². The van der Waals surface area contributed by atoms with Gasteiger partial charge in [-0.25, -0.2) is 9.37 Å². The van der Waals surface area contributed by atoms with Crippen LogP contribution in [0.3, 0.4) is 0 Å². The number of nitrogens with one attached hydrogen (secondary N) is 1. The number of imidazole rings is 1. The van der Waals surface area contributed by atoms with E-state index in [1.807, 2.05) is 0 Å². The summed E-state index contributed by atoms with van der Waals surface area (Å²) in [5, 5.41) is 2.82. The second-order valence-electron chi connectivity index (χ2n) is 3.86. The van der Waals surface area contributed by atoms with E-state index in [1.54, 1.807) is 30.3 Å². The van der Waals surface area contributed by atoms with E-state index in [1.165, 1.54) is 12.3 Å². The van der Waals surface area contributed by atoms with Crippen LogP contribution in [-0.4, -0.2) is 36.5 Å². The van der Waals surface area contributed by atoms with Crippen LogP contribution in [0, 0.1) is 5.82 Å². The van der Waals surface area contributed by atoms with Crippen LogP contribution in [0.15, 0.2) is 37.2 Å². The molecule has 0 atom stereocenters. The summed E-state index contributed by atoms with van der Waals surface area (Å²) in [4.78, 5) is 20.2. The molecule has 0 saturated carbocycles. The number of nitrogens with zero attached hydrogens (tertiary/aromatic N) is 6. The van der Waals surface area contributed by atoms with Crippen LogP contribution < -0.4 is 5.32 Å². The molecule has 7 nitrogen and oxygen atoms in total. The number of aromatic nitrogens is 6. The van der Waals surface area contributed by atoms with Gasteiger partial charge >= 0.3 is 0 Å². The Morgan fingerprint density at radius 3 is 2.75 bits per heavy atom. The highest BCUT2D eigenvalue weighted by atomic mass is 19.1. The van der Waals surface area contributed by atoms with Gasteiger partial charge < -0.3 is 5.32 Å². The number of hydrogen-bond donors (Lipinski definition) is 1. The molecule has 3 heterocycles. The topological polar surface area (TPSA) is 81.4 Å². The van der Waals surface area contributed by atoms with Gasteiger partial charge in [-0.05, 0) is 6.07 Å². The second kappa shape index (κ2) is 5.00. The number of rotatable bonds is 3. The normalized spacial score (nSPS) is 10.5. The van der Waals surface area contributed by atoms with Crippen molar-refractivity contribution < 1.29 is 4.39 Å². The zero-order chi connectivity index (χ0) is 13.9. The van der Waals surface area contributed by atoms with Crippen LogP contribution in [0.25, 0.3) is 17.3 Å². The summed E-state index contributed by atoms with van der Waals surface area (Å²) in [5.74, 6) is 0.438. The molecule has 100 valence electrons. The van der Waals surface area contributed by atoms with Crippen molar-refractivity contribution in [1.82, 2.24) is 29.5 Å². The quantitative estimate of drug-likeness (QED) is 0.773. The van der Waals surface area contributed by atoms with Crippen molar-refractivity contribution in [3.63, 3.8) is 0 Å². The SMILES string of the molecule is CNc1nc(-c2ccncc2F)nc(-n2ccnc2)n1. The van der Waals surface area contributed by atoms with Crippen LogP contribution in [0.5, 0.6) is 0 Å². The summed E-state index contributed by atoms with van der Waals surface area (Å²) >= 11 is 0. The summed E-state index contributed by atoms with van der Waals surface area (Å²) in [7, 11) is 1.68. The third-order valence-electron chi connectivity index (χ3n) is 2.60. The van der Waals surface area contributed by atoms with Crippen molar-refractivity contribution in [2.75, 3.05) is 12.4 Å². The van der Waals surface area contributed by atoms with Crippen LogP contribution in [0.1, 0.15) is 0 Å². The van der Waals surface area contributed by atoms with E-state index < -0.39 is 5.82 Å². The zero-order valence-corrected chi connectivity index (χ0v) is 10.5. The van der Waals surface area contributed by atoms with Gasteiger partial charge in [0.1, 0.15) is 6.33 Å². The lowest BCUT2D eigenvalue weighted by molar-refractivity contribution is 0.623. The Morgan fingerprint density at radius 2 is 2.05 bits per heavy atom. The third kappa shape index (κ3) is 2.18. The van der Waals surface area contributed by atoms with E-state index in [2.05, 4.69) is 30.2 Å². The molecule has 0 spiro atoms. The maximum atomic E-state index is 13.8. The summed E-state index contributed by atoms with van der Waals surface area (Å²) in [6.07, 6.45) is 7.46. The fourth-order valence-corrected chi connectivity index (χ4v) is 1.65. The van der Waals surface area contributed by atoms with Crippen LogP contribution in [0.4, 0.5) is 10.3 Å². The summed E-state index contributed by atoms with van der Waals surface area (Å²) < 4.78 is 15.4. The molecular formula is C12H10FN7. The minimum absolute atomic E-state index is 0.230. The lowest BCUT2D eigenvalue weighted by atomic mass is 10.2. The fraction of sp³-hybridized carbons (Fsp3) is 0.0833. The first-order chi connectivity index (χ1) is 9.78. The Morgan fingerprint density at radius 1 is 1.15 bits per heavy atom. The predicted octanol–water partition coefficient (Wildman–Crippen LogP) is 1.30. The average molecular weight is 271 g/mol. The second-order valence-corrected chi connectivity index (χ2v) is 3.86. The molecule has 3 rings (SSSR count). The van der Waals surface area contributed by atoms with Gasteiger partial charge in [0.15, 0.2) is 11.6 Å². The average Bonchev–Trinajstić information content (AvgIpc) is 3.01. The highest BCUT2D eigenvalue weighted by Gasteiger charge is 2.12. The molecule has 0 saturated heterocycles. The van der Waals surface area contributed by atoms with Gasteiger partial charge in [-0.2, -0.15) is 15.0 Å². The molecule has 0 aliphatic rings. The minimum atomic E-state index is -0.489. The first-order valence-corrected chi connectivity index (χ1v) is 5.80. The van der Waals surface area contributed by atoms with Gasteiger partial charge in [0.2, 0.25) is 11.9 Å². The number of halogens is 1. The highest BCUT2D eigenvalue weighted by Crippen LogP contribution is 2.19. The Labute approximate surface area is 113 Å². The molecule has 0 unspecified atom stereocenters. The molecule has 0 amide bonds. The van der Waals surface area contributed by atoms with Crippen LogP contribution in [-0.2, 0) is 0 Å². The monoisotopic (exact) mass is 271 g/mol. The minimum Gasteiger partial charge on any atom is -0.357 e. The first-order valence-electron chi connectivity index (χ1n) is 5.80. The fourth-order valence-electron chi connectivity index (χ4n) is 1.65. The molecule has 3 aromatic rings. The lowest BCUT2D eigenvalue weighted by Crippen LogP contribution is -2.07. The summed E-state index contributed by atoms with van der Waals surface area (Å²) in [5.41, 5.74) is 0.264. The number of hydrogen-bond acceptors (Lipinski definition) is 6. The van der Waals surface area contributed by atoms with E-state index in [-0.39, 0.29) is 11.4 Å². The molecular weight excluding hydrogens is 261 g/mol. The van der Waals surface area contributed by atoms with Crippen molar-refractivity contribution in [3.8, 4) is 17.3 Å². The van der Waals surface area contributed by atoms with Gasteiger partial charge in [0.25, 0.3) is 0 Å². The Balaban J connectivity index is 2.17. The lowest BCUT2D eigenvalue weighted by Gasteiger charge is -2.07. The number of anilines is 1. The molecule has 1 N–H and O–H groups in total. The van der Waals surface area contributed by atoms with Gasteiger partial charge in [0.05, 0.1) is 11.8 Å². The van der Waals surface area contributed by atoms with Crippen molar-refractivity contribution in [2.45, 2.75) is 0 Å². The molecule has 0 aliphatic heterocycles. The maximum Gasteiger partial charge on any atom is 0.240 e. The van der Waals surface area contributed by atoms with Crippen LogP contribution in [0.2, 0.25) is 0 Å². The molecule has 8 heteroatoms. The van der Waals surface area contributed by atoms with Crippen LogP contribution >= 0.6 is 0 Å². The van der Waals surface area contributed by atoms with E-state index >= 15 is 0 Å². The molecule has 3 aromatic heterocycles. The maximum absolute atomic E-state index is 13.8. The molecule has 0 fully saturated rings. The van der Waals surface area contributed by atoms with Gasteiger partial charge in [-0.1, -0.05) is 0 Å². The van der Waals surface area contributed by atoms with E-state index in [4.69, 9.17) is 0 Å².